The first kappa shape index (κ1) is 19.0. The third-order valence-electron chi connectivity index (χ3n) is 3.57. The Hall–Kier alpha value is -3.30. The molecule has 26 heavy (non-hydrogen) atoms. The van der Waals surface area contributed by atoms with Crippen LogP contribution in [0.1, 0.15) is 40.4 Å². The second-order valence-corrected chi connectivity index (χ2v) is 5.11. The average Bonchev–Trinajstić information content (AvgIpc) is 3.07. The summed E-state index contributed by atoms with van der Waals surface area (Å²) < 4.78 is 23.9. The molecular weight excluding hydrogens is 347 g/mol. The summed E-state index contributed by atoms with van der Waals surface area (Å²) >= 11 is 0. The molecular formula is C16H17FN4O5. The molecule has 0 aliphatic heterocycles. The minimum atomic E-state index is -1.03. The number of methoxy groups -OCH3 is 2. The van der Waals surface area contributed by atoms with E-state index in [4.69, 9.17) is 0 Å². The highest BCUT2D eigenvalue weighted by molar-refractivity contribution is 6.01. The van der Waals surface area contributed by atoms with E-state index in [0.29, 0.717) is 0 Å². The molecule has 2 aromatic rings. The van der Waals surface area contributed by atoms with E-state index in [1.54, 1.807) is 13.0 Å². The number of amides is 1. The zero-order chi connectivity index (χ0) is 19.3. The normalized spacial score (nSPS) is 11.5. The zero-order valence-electron chi connectivity index (χ0n) is 14.4. The Kier molecular flexibility index (Phi) is 5.99. The van der Waals surface area contributed by atoms with E-state index in [-0.39, 0.29) is 23.5 Å². The lowest BCUT2D eigenvalue weighted by Gasteiger charge is -2.17. The standard InChI is InChI=1S/C16H17FN4O5/c1-4-11(14(22)18-10-8-6-5-7-9(10)17)21-13(16(24)26-3)12(19-20-21)15(23)25-2/h5-8,11H,4H2,1-3H3,(H,18,22)/t11-/m0/s1. The molecule has 1 heterocycles. The van der Waals surface area contributed by atoms with Crippen LogP contribution in [0, 0.1) is 5.82 Å². The molecule has 1 aromatic carbocycles. The number of hydrogen-bond acceptors (Lipinski definition) is 7. The molecule has 0 radical (unpaired) electrons. The van der Waals surface area contributed by atoms with Gasteiger partial charge < -0.3 is 14.8 Å². The van der Waals surface area contributed by atoms with Crippen LogP contribution in [0.15, 0.2) is 24.3 Å². The van der Waals surface area contributed by atoms with Crippen molar-refractivity contribution in [2.45, 2.75) is 19.4 Å². The molecule has 0 aliphatic carbocycles. The van der Waals surface area contributed by atoms with E-state index < -0.39 is 29.7 Å². The molecule has 1 aromatic heterocycles. The fourth-order valence-corrected chi connectivity index (χ4v) is 2.28. The Morgan fingerprint density at radius 2 is 1.85 bits per heavy atom. The molecule has 1 amide bonds. The maximum atomic E-state index is 13.8. The van der Waals surface area contributed by atoms with Gasteiger partial charge in [-0.2, -0.15) is 0 Å². The van der Waals surface area contributed by atoms with Crippen molar-refractivity contribution in [2.24, 2.45) is 0 Å². The number of hydrogen-bond donors (Lipinski definition) is 1. The van der Waals surface area contributed by atoms with E-state index in [2.05, 4.69) is 25.1 Å². The number of aromatic nitrogens is 3. The van der Waals surface area contributed by atoms with Crippen LogP contribution in [-0.2, 0) is 14.3 Å². The molecule has 0 unspecified atom stereocenters. The SMILES string of the molecule is CC[C@@H](C(=O)Nc1ccccc1F)n1nnc(C(=O)OC)c1C(=O)OC. The van der Waals surface area contributed by atoms with E-state index in [1.807, 2.05) is 0 Å². The molecule has 1 atom stereocenters. The lowest BCUT2D eigenvalue weighted by molar-refractivity contribution is -0.119. The summed E-state index contributed by atoms with van der Waals surface area (Å²) in [6.45, 7) is 1.66. The highest BCUT2D eigenvalue weighted by atomic mass is 19.1. The second kappa shape index (κ2) is 8.19. The minimum Gasteiger partial charge on any atom is -0.464 e. The summed E-state index contributed by atoms with van der Waals surface area (Å²) in [4.78, 5) is 36.4. The number of esters is 2. The van der Waals surface area contributed by atoms with Crippen LogP contribution in [0.25, 0.3) is 0 Å². The summed E-state index contributed by atoms with van der Waals surface area (Å²) in [5.74, 6) is -3.06. The lowest BCUT2D eigenvalue weighted by atomic mass is 10.2. The van der Waals surface area contributed by atoms with Crippen LogP contribution in [0.4, 0.5) is 10.1 Å². The first-order chi connectivity index (χ1) is 12.4. The monoisotopic (exact) mass is 364 g/mol. The number of rotatable bonds is 6. The maximum absolute atomic E-state index is 13.8. The predicted molar refractivity (Wildman–Crippen MR) is 87.1 cm³/mol. The predicted octanol–water partition coefficient (Wildman–Crippen LogP) is 1.58. The van der Waals surface area contributed by atoms with E-state index in [9.17, 15) is 18.8 Å². The van der Waals surface area contributed by atoms with Crippen molar-refractivity contribution >= 4 is 23.5 Å². The van der Waals surface area contributed by atoms with Crippen LogP contribution in [-0.4, -0.2) is 47.1 Å². The van der Waals surface area contributed by atoms with Gasteiger partial charge in [0.2, 0.25) is 11.6 Å². The number of carbonyl (C=O) groups is 3. The summed E-state index contributed by atoms with van der Waals surface area (Å²) in [6.07, 6.45) is 0.189. The Bertz CT molecular complexity index is 836. The lowest BCUT2D eigenvalue weighted by Crippen LogP contribution is -2.29. The smallest absolute Gasteiger partial charge is 0.361 e. The van der Waals surface area contributed by atoms with Gasteiger partial charge in [-0.15, -0.1) is 5.10 Å². The van der Waals surface area contributed by atoms with Gasteiger partial charge >= 0.3 is 11.9 Å². The molecule has 0 saturated heterocycles. The number of carbonyl (C=O) groups excluding carboxylic acids is 3. The summed E-state index contributed by atoms with van der Waals surface area (Å²) in [5, 5.41) is 9.76. The summed E-state index contributed by atoms with van der Waals surface area (Å²) in [5.41, 5.74) is -0.727. The van der Waals surface area contributed by atoms with Crippen molar-refractivity contribution in [3.05, 3.63) is 41.5 Å². The van der Waals surface area contributed by atoms with Gasteiger partial charge in [0.1, 0.15) is 11.9 Å². The minimum absolute atomic E-state index is 0.0242. The number of benzene rings is 1. The van der Waals surface area contributed by atoms with Gasteiger partial charge in [0, 0.05) is 0 Å². The molecule has 2 rings (SSSR count). The topological polar surface area (TPSA) is 112 Å². The van der Waals surface area contributed by atoms with Crippen molar-refractivity contribution in [1.29, 1.82) is 0 Å². The molecule has 138 valence electrons. The van der Waals surface area contributed by atoms with Crippen molar-refractivity contribution in [3.8, 4) is 0 Å². The van der Waals surface area contributed by atoms with Gasteiger partial charge in [-0.25, -0.2) is 18.7 Å². The van der Waals surface area contributed by atoms with Crippen LogP contribution in [0.3, 0.4) is 0 Å². The van der Waals surface area contributed by atoms with Crippen LogP contribution >= 0.6 is 0 Å². The maximum Gasteiger partial charge on any atom is 0.361 e. The summed E-state index contributed by atoms with van der Waals surface area (Å²) in [6, 6.07) is 4.60. The highest BCUT2D eigenvalue weighted by Gasteiger charge is 2.32. The van der Waals surface area contributed by atoms with Gasteiger partial charge in [-0.1, -0.05) is 24.3 Å². The fraction of sp³-hybridized carbons (Fsp3) is 0.312. The zero-order valence-corrected chi connectivity index (χ0v) is 14.4. The third kappa shape index (κ3) is 3.68. The third-order valence-corrected chi connectivity index (χ3v) is 3.57. The molecule has 0 fully saturated rings. The highest BCUT2D eigenvalue weighted by Crippen LogP contribution is 2.21. The van der Waals surface area contributed by atoms with Gasteiger partial charge in [-0.3, -0.25) is 4.79 Å². The van der Waals surface area contributed by atoms with Crippen molar-refractivity contribution in [2.75, 3.05) is 19.5 Å². The van der Waals surface area contributed by atoms with Crippen molar-refractivity contribution < 1.29 is 28.2 Å². The Morgan fingerprint density at radius 3 is 2.42 bits per heavy atom. The number of nitrogens with zero attached hydrogens (tertiary/aromatic N) is 3. The fourth-order valence-electron chi connectivity index (χ4n) is 2.28. The first-order valence-corrected chi connectivity index (χ1v) is 7.61. The molecule has 0 aliphatic rings. The number of ether oxygens (including phenoxy) is 2. The number of para-hydroxylation sites is 1. The Morgan fingerprint density at radius 1 is 1.19 bits per heavy atom. The largest absolute Gasteiger partial charge is 0.464 e. The molecule has 0 bridgehead atoms. The first-order valence-electron chi connectivity index (χ1n) is 7.61. The second-order valence-electron chi connectivity index (χ2n) is 5.11. The van der Waals surface area contributed by atoms with Crippen molar-refractivity contribution in [3.63, 3.8) is 0 Å². The van der Waals surface area contributed by atoms with Crippen LogP contribution < -0.4 is 5.32 Å². The molecule has 0 saturated carbocycles. The average molecular weight is 364 g/mol. The Labute approximate surface area is 148 Å². The molecule has 1 N–H and O–H groups in total. The molecule has 0 spiro atoms. The van der Waals surface area contributed by atoms with Gasteiger partial charge in [0.25, 0.3) is 0 Å². The van der Waals surface area contributed by atoms with Crippen LogP contribution in [0.5, 0.6) is 0 Å². The summed E-state index contributed by atoms with van der Waals surface area (Å²) in [7, 11) is 2.23. The van der Waals surface area contributed by atoms with Gasteiger partial charge in [0.05, 0.1) is 19.9 Å². The van der Waals surface area contributed by atoms with Crippen LogP contribution in [0.2, 0.25) is 0 Å². The quantitative estimate of drug-likeness (QED) is 0.774. The molecule has 10 heteroatoms. The van der Waals surface area contributed by atoms with E-state index in [1.165, 1.54) is 18.2 Å². The van der Waals surface area contributed by atoms with Crippen molar-refractivity contribution in [1.82, 2.24) is 15.0 Å². The molecule has 9 nitrogen and oxygen atoms in total. The van der Waals surface area contributed by atoms with E-state index in [0.717, 1.165) is 18.9 Å². The number of anilines is 1. The van der Waals surface area contributed by atoms with E-state index >= 15 is 0 Å². The number of halogens is 1. The number of nitrogens with one attached hydrogen (secondary N) is 1. The Balaban J connectivity index is 2.42. The van der Waals surface area contributed by atoms with Gasteiger partial charge in [-0.05, 0) is 18.6 Å². The van der Waals surface area contributed by atoms with Gasteiger partial charge in [0.15, 0.2) is 5.69 Å².